The van der Waals surface area contributed by atoms with Crippen LogP contribution in [0.1, 0.15) is 81.9 Å². The molecule has 0 radical (unpaired) electrons. The highest BCUT2D eigenvalue weighted by Gasteiger charge is 2.47. The van der Waals surface area contributed by atoms with Gasteiger partial charge in [0.05, 0.1) is 11.2 Å². The Morgan fingerprint density at radius 3 is 2.42 bits per heavy atom. The monoisotopic (exact) mass is 493 g/mol. The van der Waals surface area contributed by atoms with Crippen molar-refractivity contribution in [1.82, 2.24) is 15.0 Å². The van der Waals surface area contributed by atoms with Gasteiger partial charge in [-0.3, -0.25) is 5.32 Å². The first kappa shape index (κ1) is 24.7. The van der Waals surface area contributed by atoms with E-state index in [-0.39, 0.29) is 23.2 Å². The number of rotatable bonds is 7. The minimum Gasteiger partial charge on any atom is -0.512 e. The van der Waals surface area contributed by atoms with Crippen LogP contribution in [0.5, 0.6) is 0 Å². The number of allylic oxidation sites excluding steroid dienone is 1. The Bertz CT molecular complexity index is 1080. The number of aryl methyl sites for hydroxylation is 1. The largest absolute Gasteiger partial charge is 0.512 e. The molecule has 3 fully saturated rings. The van der Waals surface area contributed by atoms with E-state index in [1.54, 1.807) is 11.7 Å². The number of anilines is 2. The van der Waals surface area contributed by atoms with E-state index in [0.717, 1.165) is 62.9 Å². The van der Waals surface area contributed by atoms with Gasteiger partial charge >= 0.3 is 6.09 Å². The van der Waals surface area contributed by atoms with E-state index in [0.29, 0.717) is 11.7 Å². The smallest absolute Gasteiger partial charge is 0.413 e. The molecule has 1 aliphatic heterocycles. The standard InChI is InChI=1S/C28H39N5O3/c1-19(21-7-5-4-6-8-21)36-27(35)29-26-25(30-31-32(26)3)22-13-17-33(18-14-22)24-11-9-23(10-12-24)28(15-16-28)20(2)34/h9-12,19,21-22,34H,2,4-8,13-18H2,1,3H3,(H,29,35)/t19-/m1/s1. The number of nitrogens with zero attached hydrogens (tertiary/aromatic N) is 4. The third kappa shape index (κ3) is 4.95. The Morgan fingerprint density at radius 2 is 1.81 bits per heavy atom. The zero-order valence-corrected chi connectivity index (χ0v) is 21.6. The van der Waals surface area contributed by atoms with Gasteiger partial charge in [0.2, 0.25) is 0 Å². The maximum Gasteiger partial charge on any atom is 0.413 e. The number of hydrogen-bond donors (Lipinski definition) is 2. The maximum absolute atomic E-state index is 12.7. The summed E-state index contributed by atoms with van der Waals surface area (Å²) >= 11 is 0. The van der Waals surface area contributed by atoms with E-state index in [1.807, 2.05) is 6.92 Å². The van der Waals surface area contributed by atoms with Crippen LogP contribution >= 0.6 is 0 Å². The van der Waals surface area contributed by atoms with Crippen LogP contribution in [0.25, 0.3) is 0 Å². The summed E-state index contributed by atoms with van der Waals surface area (Å²) in [5.41, 5.74) is 2.95. The number of carbonyl (C=O) groups is 1. The molecule has 8 nitrogen and oxygen atoms in total. The van der Waals surface area contributed by atoms with E-state index in [9.17, 15) is 9.90 Å². The molecule has 1 saturated heterocycles. The Balaban J connectivity index is 1.17. The number of aromatic nitrogens is 3. The summed E-state index contributed by atoms with van der Waals surface area (Å²) < 4.78 is 7.37. The number of carbonyl (C=O) groups excluding carboxylic acids is 1. The molecule has 2 saturated carbocycles. The number of piperidine rings is 1. The van der Waals surface area contributed by atoms with Gasteiger partial charge in [-0.25, -0.2) is 9.48 Å². The van der Waals surface area contributed by atoms with E-state index in [2.05, 4.69) is 51.4 Å². The van der Waals surface area contributed by atoms with Crippen LogP contribution in [0.15, 0.2) is 36.6 Å². The minimum absolute atomic E-state index is 0.0881. The number of benzene rings is 1. The highest BCUT2D eigenvalue weighted by atomic mass is 16.6. The van der Waals surface area contributed by atoms with Crippen LogP contribution in [0.4, 0.5) is 16.3 Å². The van der Waals surface area contributed by atoms with Crippen LogP contribution in [-0.4, -0.2) is 45.4 Å². The molecule has 2 aliphatic carbocycles. The maximum atomic E-state index is 12.7. The van der Waals surface area contributed by atoms with Crippen molar-refractivity contribution < 1.29 is 14.6 Å². The van der Waals surface area contributed by atoms with Crippen molar-refractivity contribution in [3.63, 3.8) is 0 Å². The number of aliphatic hydroxyl groups excluding tert-OH is 1. The van der Waals surface area contributed by atoms with Gasteiger partial charge in [0.25, 0.3) is 0 Å². The summed E-state index contributed by atoms with van der Waals surface area (Å²) in [6.07, 6.45) is 9.27. The first-order valence-electron chi connectivity index (χ1n) is 13.5. The molecule has 1 aromatic heterocycles. The molecular weight excluding hydrogens is 454 g/mol. The molecule has 0 spiro atoms. The van der Waals surface area contributed by atoms with Crippen molar-refractivity contribution in [3.8, 4) is 0 Å². The quantitative estimate of drug-likeness (QED) is 0.472. The normalized spacial score (nSPS) is 21.1. The number of ether oxygens (including phenoxy) is 1. The Hall–Kier alpha value is -3.03. The molecular formula is C28H39N5O3. The van der Waals surface area contributed by atoms with Crippen LogP contribution in [0, 0.1) is 5.92 Å². The SMILES string of the molecule is C=C(O)C1(c2ccc(N3CCC(c4nnn(C)c4NC(=O)O[C@H](C)C4CCCCC4)CC3)cc2)CC1. The van der Waals surface area contributed by atoms with Crippen molar-refractivity contribution >= 4 is 17.6 Å². The molecule has 8 heteroatoms. The van der Waals surface area contributed by atoms with Crippen molar-refractivity contribution in [2.75, 3.05) is 23.3 Å². The summed E-state index contributed by atoms with van der Waals surface area (Å²) in [6, 6.07) is 8.55. The van der Waals surface area contributed by atoms with E-state index in [1.165, 1.54) is 24.9 Å². The summed E-state index contributed by atoms with van der Waals surface area (Å²) in [4.78, 5) is 15.1. The lowest BCUT2D eigenvalue weighted by atomic mass is 9.86. The molecule has 2 aromatic rings. The summed E-state index contributed by atoms with van der Waals surface area (Å²) in [5, 5.41) is 21.5. The van der Waals surface area contributed by atoms with Gasteiger partial charge in [-0.2, -0.15) is 0 Å². The van der Waals surface area contributed by atoms with Gasteiger partial charge in [0, 0.05) is 31.7 Å². The van der Waals surface area contributed by atoms with Gasteiger partial charge in [0.1, 0.15) is 11.8 Å². The van der Waals surface area contributed by atoms with Crippen molar-refractivity contribution in [2.45, 2.75) is 82.1 Å². The predicted molar refractivity (Wildman–Crippen MR) is 140 cm³/mol. The predicted octanol–water partition coefficient (Wildman–Crippen LogP) is 5.82. The van der Waals surface area contributed by atoms with Crippen LogP contribution in [0.2, 0.25) is 0 Å². The molecule has 1 aromatic carbocycles. The Labute approximate surface area is 213 Å². The second-order valence-electron chi connectivity index (χ2n) is 10.9. The fourth-order valence-electron chi connectivity index (χ4n) is 6.06. The van der Waals surface area contributed by atoms with Crippen LogP contribution in [-0.2, 0) is 17.2 Å². The summed E-state index contributed by atoms with van der Waals surface area (Å²) in [5.74, 6) is 1.59. The lowest BCUT2D eigenvalue weighted by molar-refractivity contribution is 0.0690. The fourth-order valence-corrected chi connectivity index (χ4v) is 6.06. The second kappa shape index (κ2) is 10.1. The molecule has 0 bridgehead atoms. The average molecular weight is 494 g/mol. The average Bonchev–Trinajstić information content (AvgIpc) is 3.64. The number of aliphatic hydroxyl groups is 1. The molecule has 36 heavy (non-hydrogen) atoms. The van der Waals surface area contributed by atoms with Crippen molar-refractivity contribution in [3.05, 3.63) is 47.9 Å². The van der Waals surface area contributed by atoms with Crippen molar-refractivity contribution in [2.24, 2.45) is 13.0 Å². The number of amides is 1. The lowest BCUT2D eigenvalue weighted by Crippen LogP contribution is -2.33. The third-order valence-corrected chi connectivity index (χ3v) is 8.65. The Kier molecular flexibility index (Phi) is 6.95. The Morgan fingerprint density at radius 1 is 1.14 bits per heavy atom. The highest BCUT2D eigenvalue weighted by Crippen LogP contribution is 2.52. The fraction of sp³-hybridized carbons (Fsp3) is 0.607. The molecule has 1 atom stereocenters. The molecule has 1 amide bonds. The first-order valence-corrected chi connectivity index (χ1v) is 13.5. The van der Waals surface area contributed by atoms with Gasteiger partial charge in [-0.05, 0) is 69.1 Å². The molecule has 2 N–H and O–H groups in total. The molecule has 0 unspecified atom stereocenters. The van der Waals surface area contributed by atoms with Crippen LogP contribution in [0.3, 0.4) is 0 Å². The number of nitrogens with one attached hydrogen (secondary N) is 1. The highest BCUT2D eigenvalue weighted by molar-refractivity contribution is 5.84. The lowest BCUT2D eigenvalue weighted by Gasteiger charge is -2.33. The minimum atomic E-state index is -0.420. The molecule has 194 valence electrons. The zero-order valence-electron chi connectivity index (χ0n) is 21.6. The van der Waals surface area contributed by atoms with Crippen LogP contribution < -0.4 is 10.2 Å². The molecule has 2 heterocycles. The zero-order chi connectivity index (χ0) is 25.3. The van der Waals surface area contributed by atoms with Gasteiger partial charge in [-0.15, -0.1) is 5.10 Å². The summed E-state index contributed by atoms with van der Waals surface area (Å²) in [7, 11) is 1.81. The van der Waals surface area contributed by atoms with E-state index in [4.69, 9.17) is 4.74 Å². The number of hydrogen-bond acceptors (Lipinski definition) is 6. The van der Waals surface area contributed by atoms with Gasteiger partial charge in [0.15, 0.2) is 5.82 Å². The molecule has 3 aliphatic rings. The third-order valence-electron chi connectivity index (χ3n) is 8.65. The summed E-state index contributed by atoms with van der Waals surface area (Å²) in [6.45, 7) is 7.59. The first-order chi connectivity index (χ1) is 17.4. The van der Waals surface area contributed by atoms with E-state index >= 15 is 0 Å². The van der Waals surface area contributed by atoms with Crippen molar-refractivity contribution in [1.29, 1.82) is 0 Å². The second-order valence-corrected chi connectivity index (χ2v) is 10.9. The topological polar surface area (TPSA) is 92.5 Å². The van der Waals surface area contributed by atoms with Gasteiger partial charge in [-0.1, -0.05) is 43.2 Å². The van der Waals surface area contributed by atoms with Gasteiger partial charge < -0.3 is 14.7 Å². The van der Waals surface area contributed by atoms with E-state index < -0.39 is 6.09 Å². The molecule has 5 rings (SSSR count).